The minimum atomic E-state index is -0.850. The number of hydrogen-bond donors (Lipinski definition) is 3. The third kappa shape index (κ3) is 7.42. The molecule has 0 saturated heterocycles. The number of methoxy groups -OCH3 is 1. The molecular weight excluding hydrogens is 412 g/mol. The van der Waals surface area contributed by atoms with Crippen LogP contribution in [0.3, 0.4) is 0 Å². The van der Waals surface area contributed by atoms with Gasteiger partial charge in [-0.05, 0) is 48.2 Å². The van der Waals surface area contributed by atoms with Crippen LogP contribution in [0.5, 0.6) is 11.5 Å². The van der Waals surface area contributed by atoms with Gasteiger partial charge in [0.2, 0.25) is 0 Å². The lowest BCUT2D eigenvalue weighted by atomic mass is 10.1. The second-order valence-electron chi connectivity index (χ2n) is 6.71. The SMILES string of the molecule is CCCNC(=O)C(=O)N/N=C\c1ccc(OCC(=O)Nc2ccccc2CC)c(OC)c1. The standard InChI is InChI=1S/C23H28N4O5/c1-4-12-24-22(29)23(30)27-25-14-16-10-11-19(20(13-16)31-3)32-15-21(28)26-18-9-7-6-8-17(18)5-2/h6-11,13-14H,4-5,12,15H2,1-3H3,(H,24,29)(H,26,28)(H,27,30)/b25-14-. The van der Waals surface area contributed by atoms with E-state index < -0.39 is 11.8 Å². The first-order valence-electron chi connectivity index (χ1n) is 10.3. The van der Waals surface area contributed by atoms with Crippen molar-refractivity contribution in [1.29, 1.82) is 0 Å². The monoisotopic (exact) mass is 440 g/mol. The maximum atomic E-state index is 12.3. The van der Waals surface area contributed by atoms with Gasteiger partial charge in [-0.15, -0.1) is 0 Å². The molecule has 0 bridgehead atoms. The summed E-state index contributed by atoms with van der Waals surface area (Å²) in [7, 11) is 1.47. The number of hydrazone groups is 1. The van der Waals surface area contributed by atoms with Gasteiger partial charge in [-0.1, -0.05) is 32.0 Å². The third-order valence-corrected chi connectivity index (χ3v) is 4.34. The molecule has 0 spiro atoms. The molecule has 0 aromatic heterocycles. The molecule has 0 fully saturated rings. The van der Waals surface area contributed by atoms with Crippen LogP contribution in [0, 0.1) is 0 Å². The van der Waals surface area contributed by atoms with Crippen LogP contribution in [0.25, 0.3) is 0 Å². The molecule has 0 radical (unpaired) electrons. The van der Waals surface area contributed by atoms with E-state index in [2.05, 4.69) is 21.2 Å². The molecule has 0 aliphatic heterocycles. The lowest BCUT2D eigenvalue weighted by molar-refractivity contribution is -0.139. The fourth-order valence-corrected chi connectivity index (χ4v) is 2.70. The van der Waals surface area contributed by atoms with Crippen molar-refractivity contribution in [2.24, 2.45) is 5.10 Å². The normalized spacial score (nSPS) is 10.5. The van der Waals surface area contributed by atoms with Crippen molar-refractivity contribution in [3.8, 4) is 11.5 Å². The Hall–Kier alpha value is -3.88. The molecule has 0 aliphatic carbocycles. The van der Waals surface area contributed by atoms with E-state index in [1.807, 2.05) is 38.1 Å². The van der Waals surface area contributed by atoms with E-state index in [1.165, 1.54) is 13.3 Å². The van der Waals surface area contributed by atoms with Crippen LogP contribution in [0.15, 0.2) is 47.6 Å². The van der Waals surface area contributed by atoms with Crippen LogP contribution in [-0.2, 0) is 20.8 Å². The number of ether oxygens (including phenoxy) is 2. The maximum Gasteiger partial charge on any atom is 0.329 e. The number of amides is 3. The van der Waals surface area contributed by atoms with Gasteiger partial charge in [0.15, 0.2) is 18.1 Å². The molecule has 3 amide bonds. The number of benzene rings is 2. The summed E-state index contributed by atoms with van der Waals surface area (Å²) in [6.45, 7) is 4.13. The summed E-state index contributed by atoms with van der Waals surface area (Å²) < 4.78 is 10.9. The van der Waals surface area contributed by atoms with Crippen LogP contribution in [0.2, 0.25) is 0 Å². The Morgan fingerprint density at radius 3 is 2.53 bits per heavy atom. The zero-order valence-electron chi connectivity index (χ0n) is 18.4. The number of hydrogen-bond acceptors (Lipinski definition) is 6. The smallest absolute Gasteiger partial charge is 0.329 e. The molecule has 2 aromatic carbocycles. The van der Waals surface area contributed by atoms with E-state index in [0.29, 0.717) is 23.6 Å². The van der Waals surface area contributed by atoms with Crippen LogP contribution in [0.1, 0.15) is 31.4 Å². The summed E-state index contributed by atoms with van der Waals surface area (Å²) in [6.07, 6.45) is 2.90. The topological polar surface area (TPSA) is 118 Å². The number of para-hydroxylation sites is 1. The largest absolute Gasteiger partial charge is 0.493 e. The van der Waals surface area contributed by atoms with Crippen molar-refractivity contribution in [1.82, 2.24) is 10.7 Å². The molecular formula is C23H28N4O5. The fourth-order valence-electron chi connectivity index (χ4n) is 2.70. The molecule has 0 saturated carbocycles. The molecule has 9 nitrogen and oxygen atoms in total. The predicted octanol–water partition coefficient (Wildman–Crippen LogP) is 2.25. The van der Waals surface area contributed by atoms with E-state index in [1.54, 1.807) is 18.2 Å². The minimum Gasteiger partial charge on any atom is -0.493 e. The Morgan fingerprint density at radius 2 is 1.81 bits per heavy atom. The number of nitrogens with one attached hydrogen (secondary N) is 3. The van der Waals surface area contributed by atoms with Crippen LogP contribution >= 0.6 is 0 Å². The number of anilines is 1. The zero-order valence-corrected chi connectivity index (χ0v) is 18.4. The van der Waals surface area contributed by atoms with E-state index in [0.717, 1.165) is 24.1 Å². The first-order chi connectivity index (χ1) is 15.5. The third-order valence-electron chi connectivity index (χ3n) is 4.34. The molecule has 3 N–H and O–H groups in total. The van der Waals surface area contributed by atoms with Crippen molar-refractivity contribution in [3.05, 3.63) is 53.6 Å². The number of carbonyl (C=O) groups is 3. The average Bonchev–Trinajstić information content (AvgIpc) is 2.81. The van der Waals surface area contributed by atoms with Gasteiger partial charge in [-0.25, -0.2) is 5.43 Å². The summed E-state index contributed by atoms with van der Waals surface area (Å²) in [4.78, 5) is 35.4. The lowest BCUT2D eigenvalue weighted by Crippen LogP contribution is -2.38. The quantitative estimate of drug-likeness (QED) is 0.298. The van der Waals surface area contributed by atoms with Gasteiger partial charge in [0.05, 0.1) is 13.3 Å². The summed E-state index contributed by atoms with van der Waals surface area (Å²) in [6, 6.07) is 12.5. The highest BCUT2D eigenvalue weighted by molar-refractivity contribution is 6.35. The Labute approximate surface area is 187 Å². The molecule has 170 valence electrons. The van der Waals surface area contributed by atoms with Gasteiger partial charge >= 0.3 is 11.8 Å². The van der Waals surface area contributed by atoms with Gasteiger partial charge in [0.1, 0.15) is 0 Å². The number of carbonyl (C=O) groups excluding carboxylic acids is 3. The predicted molar refractivity (Wildman–Crippen MR) is 122 cm³/mol. The molecule has 0 unspecified atom stereocenters. The highest BCUT2D eigenvalue weighted by atomic mass is 16.5. The van der Waals surface area contributed by atoms with Crippen molar-refractivity contribution >= 4 is 29.6 Å². The van der Waals surface area contributed by atoms with Gasteiger partial charge in [-0.2, -0.15) is 5.10 Å². The van der Waals surface area contributed by atoms with E-state index in [9.17, 15) is 14.4 Å². The molecule has 32 heavy (non-hydrogen) atoms. The Bertz CT molecular complexity index is 975. The van der Waals surface area contributed by atoms with Gasteiger partial charge < -0.3 is 20.1 Å². The second kappa shape index (κ2) is 12.7. The molecule has 0 aliphatic rings. The lowest BCUT2D eigenvalue weighted by Gasteiger charge is -2.13. The number of aryl methyl sites for hydroxylation is 1. The van der Waals surface area contributed by atoms with Gasteiger partial charge in [-0.3, -0.25) is 14.4 Å². The van der Waals surface area contributed by atoms with Crippen LogP contribution in [0.4, 0.5) is 5.69 Å². The minimum absolute atomic E-state index is 0.190. The van der Waals surface area contributed by atoms with E-state index in [4.69, 9.17) is 9.47 Å². The van der Waals surface area contributed by atoms with Gasteiger partial charge in [0.25, 0.3) is 5.91 Å². The average molecular weight is 441 g/mol. The summed E-state index contributed by atoms with van der Waals surface area (Å²) >= 11 is 0. The fraction of sp³-hybridized carbons (Fsp3) is 0.304. The van der Waals surface area contributed by atoms with Crippen molar-refractivity contribution in [3.63, 3.8) is 0 Å². The number of rotatable bonds is 10. The molecule has 0 atom stereocenters. The summed E-state index contributed by atoms with van der Waals surface area (Å²) in [5.41, 5.74) is 4.56. The first kappa shape index (κ1) is 24.4. The summed E-state index contributed by atoms with van der Waals surface area (Å²) in [5.74, 6) is -1.11. The Balaban J connectivity index is 1.93. The van der Waals surface area contributed by atoms with Crippen molar-refractivity contribution < 1.29 is 23.9 Å². The maximum absolute atomic E-state index is 12.3. The molecule has 2 rings (SSSR count). The molecule has 9 heteroatoms. The first-order valence-corrected chi connectivity index (χ1v) is 10.3. The van der Waals surface area contributed by atoms with E-state index in [-0.39, 0.29) is 12.5 Å². The highest BCUT2D eigenvalue weighted by Gasteiger charge is 2.12. The van der Waals surface area contributed by atoms with Crippen LogP contribution < -0.4 is 25.5 Å². The second-order valence-corrected chi connectivity index (χ2v) is 6.71. The van der Waals surface area contributed by atoms with Crippen LogP contribution in [-0.4, -0.2) is 44.2 Å². The zero-order chi connectivity index (χ0) is 23.3. The Kier molecular flexibility index (Phi) is 9.70. The molecule has 0 heterocycles. The van der Waals surface area contributed by atoms with Crippen molar-refractivity contribution in [2.45, 2.75) is 26.7 Å². The van der Waals surface area contributed by atoms with Gasteiger partial charge in [0, 0.05) is 12.2 Å². The van der Waals surface area contributed by atoms with E-state index >= 15 is 0 Å². The summed E-state index contributed by atoms with van der Waals surface area (Å²) in [5, 5.41) is 9.07. The number of nitrogens with zero attached hydrogens (tertiary/aromatic N) is 1. The highest BCUT2D eigenvalue weighted by Crippen LogP contribution is 2.27. The molecule has 2 aromatic rings. The Morgan fingerprint density at radius 1 is 1.03 bits per heavy atom. The van der Waals surface area contributed by atoms with Crippen molar-refractivity contribution in [2.75, 3.05) is 25.6 Å².